The first-order valence-corrected chi connectivity index (χ1v) is 13.0. The number of hydrogen-bond acceptors (Lipinski definition) is 7. The molecule has 0 aliphatic heterocycles. The van der Waals surface area contributed by atoms with Gasteiger partial charge in [-0.3, -0.25) is 9.29 Å². The standard InChI is InChI=1S/C22H21ClN4OS3/c1-28-19-10-9-17(29-2)14-18(19)27-21(20-4-3-12-30-20)24-25-22(27)26-31-13-11-15-5-7-16(23)8-6-15/h3-10,12,14H,11,13H2,1-2H3,(H,25,26). The van der Waals surface area contributed by atoms with Crippen LogP contribution in [0.1, 0.15) is 5.56 Å². The van der Waals surface area contributed by atoms with E-state index in [0.717, 1.165) is 44.2 Å². The summed E-state index contributed by atoms with van der Waals surface area (Å²) in [7, 11) is 1.68. The third-order valence-electron chi connectivity index (χ3n) is 4.60. The van der Waals surface area contributed by atoms with E-state index in [1.807, 2.05) is 40.3 Å². The lowest BCUT2D eigenvalue weighted by atomic mass is 10.2. The van der Waals surface area contributed by atoms with Gasteiger partial charge in [0.2, 0.25) is 5.95 Å². The minimum absolute atomic E-state index is 0.668. The van der Waals surface area contributed by atoms with Crippen molar-refractivity contribution in [2.24, 2.45) is 0 Å². The van der Waals surface area contributed by atoms with E-state index in [4.69, 9.17) is 16.3 Å². The van der Waals surface area contributed by atoms with Crippen LogP contribution in [0.2, 0.25) is 5.02 Å². The SMILES string of the molecule is COc1ccc(SC)cc1-n1c(NSCCc2ccc(Cl)cc2)nnc1-c1cccs1. The Hall–Kier alpha value is -2.13. The van der Waals surface area contributed by atoms with Gasteiger partial charge in [-0.2, -0.15) is 0 Å². The largest absolute Gasteiger partial charge is 0.495 e. The van der Waals surface area contributed by atoms with Crippen LogP contribution in [0.3, 0.4) is 0 Å². The fourth-order valence-corrected chi connectivity index (χ4v) is 5.01. The molecule has 2 heterocycles. The van der Waals surface area contributed by atoms with E-state index < -0.39 is 0 Å². The van der Waals surface area contributed by atoms with Crippen LogP contribution in [0.4, 0.5) is 5.95 Å². The normalized spacial score (nSPS) is 10.9. The molecule has 0 fully saturated rings. The summed E-state index contributed by atoms with van der Waals surface area (Å²) in [6.07, 6.45) is 2.98. The summed E-state index contributed by atoms with van der Waals surface area (Å²) in [5.74, 6) is 3.10. The highest BCUT2D eigenvalue weighted by atomic mass is 35.5. The first-order valence-electron chi connectivity index (χ1n) is 9.53. The van der Waals surface area contributed by atoms with Gasteiger partial charge in [-0.25, -0.2) is 0 Å². The summed E-state index contributed by atoms with van der Waals surface area (Å²) in [6.45, 7) is 0. The molecule has 31 heavy (non-hydrogen) atoms. The van der Waals surface area contributed by atoms with Crippen LogP contribution in [-0.2, 0) is 6.42 Å². The zero-order valence-electron chi connectivity index (χ0n) is 17.0. The average Bonchev–Trinajstić information content (AvgIpc) is 3.47. The minimum Gasteiger partial charge on any atom is -0.495 e. The number of thioether (sulfide) groups is 1. The van der Waals surface area contributed by atoms with Gasteiger partial charge in [-0.15, -0.1) is 33.3 Å². The highest BCUT2D eigenvalue weighted by molar-refractivity contribution is 8.00. The van der Waals surface area contributed by atoms with E-state index in [1.54, 1.807) is 42.2 Å². The Kier molecular flexibility index (Phi) is 7.45. The lowest BCUT2D eigenvalue weighted by molar-refractivity contribution is 0.412. The molecule has 2 aromatic carbocycles. The van der Waals surface area contributed by atoms with E-state index in [9.17, 15) is 0 Å². The number of benzene rings is 2. The van der Waals surface area contributed by atoms with Gasteiger partial charge in [0.25, 0.3) is 0 Å². The lowest BCUT2D eigenvalue weighted by Gasteiger charge is -2.15. The maximum atomic E-state index is 5.97. The van der Waals surface area contributed by atoms with E-state index in [1.165, 1.54) is 5.56 Å². The molecule has 0 spiro atoms. The highest BCUT2D eigenvalue weighted by Crippen LogP contribution is 2.35. The number of rotatable bonds is 9. The monoisotopic (exact) mass is 488 g/mol. The van der Waals surface area contributed by atoms with Crippen LogP contribution in [0.5, 0.6) is 5.75 Å². The second-order valence-electron chi connectivity index (χ2n) is 6.52. The van der Waals surface area contributed by atoms with Crippen molar-refractivity contribution in [2.75, 3.05) is 23.8 Å². The Labute approximate surface area is 199 Å². The predicted molar refractivity (Wildman–Crippen MR) is 134 cm³/mol. The zero-order valence-corrected chi connectivity index (χ0v) is 20.2. The fourth-order valence-electron chi connectivity index (χ4n) is 3.05. The number of thiophene rings is 1. The number of halogens is 1. The minimum atomic E-state index is 0.668. The van der Waals surface area contributed by atoms with Crippen LogP contribution in [0.25, 0.3) is 16.4 Å². The summed E-state index contributed by atoms with van der Waals surface area (Å²) in [4.78, 5) is 2.19. The van der Waals surface area contributed by atoms with Gasteiger partial charge < -0.3 is 4.74 Å². The number of anilines is 1. The quantitative estimate of drug-likeness (QED) is 0.161. The molecule has 9 heteroatoms. The molecule has 0 saturated carbocycles. The fraction of sp³-hybridized carbons (Fsp3) is 0.182. The van der Waals surface area contributed by atoms with Gasteiger partial charge in [0.15, 0.2) is 5.82 Å². The molecule has 0 unspecified atom stereocenters. The first-order chi connectivity index (χ1) is 15.2. The van der Waals surface area contributed by atoms with Gasteiger partial charge >= 0.3 is 0 Å². The zero-order chi connectivity index (χ0) is 21.6. The second kappa shape index (κ2) is 10.5. The van der Waals surface area contributed by atoms with E-state index >= 15 is 0 Å². The van der Waals surface area contributed by atoms with Gasteiger partial charge in [0.05, 0.1) is 17.7 Å². The summed E-state index contributed by atoms with van der Waals surface area (Å²) in [6, 6.07) is 18.2. The summed E-state index contributed by atoms with van der Waals surface area (Å²) < 4.78 is 11.1. The van der Waals surface area contributed by atoms with Crippen LogP contribution >= 0.6 is 46.6 Å². The number of nitrogens with one attached hydrogen (secondary N) is 1. The Morgan fingerprint density at radius 1 is 1.13 bits per heavy atom. The molecule has 0 atom stereocenters. The molecular weight excluding hydrogens is 468 g/mol. The number of nitrogens with zero attached hydrogens (tertiary/aromatic N) is 3. The third-order valence-corrected chi connectivity index (χ3v) is 7.18. The molecule has 4 aromatic rings. The molecule has 2 aromatic heterocycles. The van der Waals surface area contributed by atoms with Crippen LogP contribution in [0, 0.1) is 0 Å². The molecular formula is C22H21ClN4OS3. The van der Waals surface area contributed by atoms with E-state index in [0.29, 0.717) is 5.95 Å². The molecule has 4 rings (SSSR count). The summed E-state index contributed by atoms with van der Waals surface area (Å²) >= 11 is 10.9. The molecule has 0 saturated heterocycles. The van der Waals surface area contributed by atoms with Crippen molar-refractivity contribution in [1.82, 2.24) is 14.8 Å². The van der Waals surface area contributed by atoms with Crippen molar-refractivity contribution in [1.29, 1.82) is 0 Å². The third kappa shape index (κ3) is 5.20. The van der Waals surface area contributed by atoms with Crippen LogP contribution in [0.15, 0.2) is 64.9 Å². The Balaban J connectivity index is 1.61. The molecule has 0 amide bonds. The van der Waals surface area contributed by atoms with E-state index in [2.05, 4.69) is 45.4 Å². The molecule has 0 radical (unpaired) electrons. The Morgan fingerprint density at radius 3 is 2.68 bits per heavy atom. The van der Waals surface area contributed by atoms with Crippen LogP contribution in [-0.4, -0.2) is 33.9 Å². The van der Waals surface area contributed by atoms with Crippen molar-refractivity contribution >= 4 is 52.6 Å². The summed E-state index contributed by atoms with van der Waals surface area (Å²) in [5, 5.41) is 11.7. The van der Waals surface area contributed by atoms with Crippen molar-refractivity contribution in [2.45, 2.75) is 11.3 Å². The second-order valence-corrected chi connectivity index (χ2v) is 9.69. The molecule has 160 valence electrons. The smallest absolute Gasteiger partial charge is 0.239 e. The van der Waals surface area contributed by atoms with Crippen molar-refractivity contribution in [3.8, 4) is 22.1 Å². The summed E-state index contributed by atoms with van der Waals surface area (Å²) in [5.41, 5.74) is 2.15. The number of hydrogen-bond donors (Lipinski definition) is 1. The van der Waals surface area contributed by atoms with Crippen molar-refractivity contribution < 1.29 is 4.74 Å². The van der Waals surface area contributed by atoms with Crippen molar-refractivity contribution in [3.05, 3.63) is 70.6 Å². The Morgan fingerprint density at radius 2 is 1.97 bits per heavy atom. The predicted octanol–water partition coefficient (Wildman–Crippen LogP) is 6.68. The average molecular weight is 489 g/mol. The molecule has 0 bridgehead atoms. The molecule has 0 aliphatic carbocycles. The van der Waals surface area contributed by atoms with Gasteiger partial charge in [-0.1, -0.05) is 29.8 Å². The lowest BCUT2D eigenvalue weighted by Crippen LogP contribution is -2.05. The highest BCUT2D eigenvalue weighted by Gasteiger charge is 2.20. The van der Waals surface area contributed by atoms with Gasteiger partial charge in [0.1, 0.15) is 5.75 Å². The van der Waals surface area contributed by atoms with Gasteiger partial charge in [-0.05, 0) is 72.0 Å². The Bertz CT molecular complexity index is 1130. The van der Waals surface area contributed by atoms with Gasteiger partial charge in [0, 0.05) is 15.7 Å². The maximum absolute atomic E-state index is 5.97. The van der Waals surface area contributed by atoms with Crippen molar-refractivity contribution in [3.63, 3.8) is 0 Å². The number of aryl methyl sites for hydroxylation is 1. The molecule has 0 aliphatic rings. The number of aromatic nitrogens is 3. The maximum Gasteiger partial charge on any atom is 0.239 e. The first kappa shape index (κ1) is 22.1. The van der Waals surface area contributed by atoms with Crippen LogP contribution < -0.4 is 9.46 Å². The number of ether oxygens (including phenoxy) is 1. The molecule has 5 nitrogen and oxygen atoms in total. The topological polar surface area (TPSA) is 52.0 Å². The number of methoxy groups -OCH3 is 1. The molecule has 1 N–H and O–H groups in total. The van der Waals surface area contributed by atoms with E-state index in [-0.39, 0.29) is 0 Å².